The van der Waals surface area contributed by atoms with Crippen LogP contribution in [0.25, 0.3) is 0 Å². The molecule has 104 valence electrons. The van der Waals surface area contributed by atoms with Crippen LogP contribution < -0.4 is 10.2 Å². The van der Waals surface area contributed by atoms with Crippen molar-refractivity contribution < 1.29 is 0 Å². The van der Waals surface area contributed by atoms with Gasteiger partial charge in [-0.3, -0.25) is 4.68 Å². The van der Waals surface area contributed by atoms with Crippen LogP contribution >= 0.6 is 0 Å². The van der Waals surface area contributed by atoms with Crippen molar-refractivity contribution in [3.8, 4) is 0 Å². The molecule has 1 aromatic heterocycles. The Morgan fingerprint density at radius 2 is 1.89 bits per heavy atom. The molecule has 5 heteroatoms. The smallest absolute Gasteiger partial charge is 0.131 e. The van der Waals surface area contributed by atoms with Gasteiger partial charge in [-0.2, -0.15) is 5.10 Å². The molecule has 1 heterocycles. The Labute approximate surface area is 111 Å². The monoisotopic (exact) mass is 253 g/mol. The van der Waals surface area contributed by atoms with Crippen LogP contribution in [0, 0.1) is 6.92 Å². The van der Waals surface area contributed by atoms with Crippen LogP contribution in [0.15, 0.2) is 0 Å². The highest BCUT2D eigenvalue weighted by Gasteiger charge is 2.16. The predicted molar refractivity (Wildman–Crippen MR) is 77.1 cm³/mol. The third-order valence-electron chi connectivity index (χ3n) is 3.11. The first-order valence-corrected chi connectivity index (χ1v) is 6.56. The second kappa shape index (κ2) is 6.75. The van der Waals surface area contributed by atoms with E-state index in [9.17, 15) is 0 Å². The summed E-state index contributed by atoms with van der Waals surface area (Å²) >= 11 is 0. The second-order valence-corrected chi connectivity index (χ2v) is 5.02. The van der Waals surface area contributed by atoms with Gasteiger partial charge in [0.25, 0.3) is 0 Å². The molecule has 0 aliphatic carbocycles. The fourth-order valence-corrected chi connectivity index (χ4v) is 2.08. The van der Waals surface area contributed by atoms with Crippen molar-refractivity contribution in [3.63, 3.8) is 0 Å². The summed E-state index contributed by atoms with van der Waals surface area (Å²) < 4.78 is 1.98. The van der Waals surface area contributed by atoms with Crippen LogP contribution in [0.3, 0.4) is 0 Å². The zero-order valence-electron chi connectivity index (χ0n) is 12.6. The van der Waals surface area contributed by atoms with Crippen LogP contribution in [0.1, 0.15) is 18.2 Å². The minimum atomic E-state index is 0.887. The van der Waals surface area contributed by atoms with E-state index < -0.39 is 0 Å². The number of hydrogen-bond donors (Lipinski definition) is 1. The van der Waals surface area contributed by atoms with Crippen molar-refractivity contribution in [3.05, 3.63) is 11.3 Å². The molecule has 18 heavy (non-hydrogen) atoms. The maximum atomic E-state index is 4.53. The molecule has 0 fully saturated rings. The van der Waals surface area contributed by atoms with Gasteiger partial charge >= 0.3 is 0 Å². The van der Waals surface area contributed by atoms with Gasteiger partial charge in [0.1, 0.15) is 5.82 Å². The van der Waals surface area contributed by atoms with Gasteiger partial charge in [-0.25, -0.2) is 0 Å². The van der Waals surface area contributed by atoms with Crippen LogP contribution in [0.4, 0.5) is 5.82 Å². The van der Waals surface area contributed by atoms with Crippen molar-refractivity contribution in [2.75, 3.05) is 45.7 Å². The standard InChI is InChI=1S/C13H27N5/c1-7-14-10-12-11(2)15-18(6)13(12)17(5)9-8-16(3)4/h14H,7-10H2,1-6H3. The van der Waals surface area contributed by atoms with E-state index in [1.807, 2.05) is 11.7 Å². The summed E-state index contributed by atoms with van der Waals surface area (Å²) in [5.41, 5.74) is 2.42. The van der Waals surface area contributed by atoms with Crippen molar-refractivity contribution in [1.29, 1.82) is 0 Å². The number of rotatable bonds is 7. The van der Waals surface area contributed by atoms with Gasteiger partial charge in [-0.05, 0) is 27.6 Å². The highest BCUT2D eigenvalue weighted by atomic mass is 15.4. The lowest BCUT2D eigenvalue weighted by atomic mass is 10.2. The van der Waals surface area contributed by atoms with E-state index >= 15 is 0 Å². The molecule has 1 N–H and O–H groups in total. The average molecular weight is 253 g/mol. The Hall–Kier alpha value is -1.07. The largest absolute Gasteiger partial charge is 0.358 e. The van der Waals surface area contributed by atoms with Gasteiger partial charge in [0.05, 0.1) is 5.69 Å². The van der Waals surface area contributed by atoms with Crippen molar-refractivity contribution >= 4 is 5.82 Å². The quantitative estimate of drug-likeness (QED) is 0.781. The molecule has 0 atom stereocenters. The minimum Gasteiger partial charge on any atom is -0.358 e. The maximum absolute atomic E-state index is 4.53. The van der Waals surface area contributed by atoms with E-state index in [1.54, 1.807) is 0 Å². The molecule has 0 unspecified atom stereocenters. The van der Waals surface area contributed by atoms with Crippen molar-refractivity contribution in [2.45, 2.75) is 20.4 Å². The zero-order chi connectivity index (χ0) is 13.7. The Kier molecular flexibility index (Phi) is 5.62. The van der Waals surface area contributed by atoms with E-state index in [1.165, 1.54) is 11.4 Å². The molecule has 0 amide bonds. The molecule has 5 nitrogen and oxygen atoms in total. The molecular weight excluding hydrogens is 226 g/mol. The number of likely N-dealkylation sites (N-methyl/N-ethyl adjacent to an activating group) is 2. The van der Waals surface area contributed by atoms with E-state index in [0.717, 1.165) is 31.9 Å². The van der Waals surface area contributed by atoms with Gasteiger partial charge < -0.3 is 15.1 Å². The van der Waals surface area contributed by atoms with Crippen LogP contribution in [0.2, 0.25) is 0 Å². The fraction of sp³-hybridized carbons (Fsp3) is 0.769. The number of aromatic nitrogens is 2. The summed E-state index contributed by atoms with van der Waals surface area (Å²) in [5.74, 6) is 1.22. The van der Waals surface area contributed by atoms with E-state index in [0.29, 0.717) is 0 Å². The highest BCUT2D eigenvalue weighted by molar-refractivity contribution is 5.49. The number of nitrogens with one attached hydrogen (secondary N) is 1. The van der Waals surface area contributed by atoms with Gasteiger partial charge in [0.2, 0.25) is 0 Å². The lowest BCUT2D eigenvalue weighted by molar-refractivity contribution is 0.415. The van der Waals surface area contributed by atoms with Gasteiger partial charge in [-0.15, -0.1) is 0 Å². The Morgan fingerprint density at radius 1 is 1.22 bits per heavy atom. The molecule has 0 bridgehead atoms. The lowest BCUT2D eigenvalue weighted by Gasteiger charge is -2.23. The number of hydrogen-bond acceptors (Lipinski definition) is 4. The summed E-state index contributed by atoms with van der Waals surface area (Å²) in [6, 6.07) is 0. The first-order valence-electron chi connectivity index (χ1n) is 6.56. The summed E-state index contributed by atoms with van der Waals surface area (Å²) in [4.78, 5) is 4.48. The maximum Gasteiger partial charge on any atom is 0.131 e. The predicted octanol–water partition coefficient (Wildman–Crippen LogP) is 0.836. The second-order valence-electron chi connectivity index (χ2n) is 5.02. The normalized spacial score (nSPS) is 11.3. The minimum absolute atomic E-state index is 0.887. The van der Waals surface area contributed by atoms with E-state index in [2.05, 4.69) is 55.2 Å². The molecule has 0 aliphatic rings. The molecule has 1 rings (SSSR count). The summed E-state index contributed by atoms with van der Waals surface area (Å²) in [6.07, 6.45) is 0. The average Bonchev–Trinajstić information content (AvgIpc) is 2.58. The van der Waals surface area contributed by atoms with Crippen molar-refractivity contribution in [2.24, 2.45) is 7.05 Å². The molecular formula is C13H27N5. The van der Waals surface area contributed by atoms with Crippen molar-refractivity contribution in [1.82, 2.24) is 20.0 Å². The highest BCUT2D eigenvalue weighted by Crippen LogP contribution is 2.21. The summed E-state index contributed by atoms with van der Waals surface area (Å²) in [6.45, 7) is 8.12. The Balaban J connectivity index is 2.84. The van der Waals surface area contributed by atoms with Gasteiger partial charge in [-0.1, -0.05) is 6.92 Å². The Bertz CT molecular complexity index is 370. The Morgan fingerprint density at radius 3 is 2.44 bits per heavy atom. The molecule has 0 aliphatic heterocycles. The molecule has 0 radical (unpaired) electrons. The summed E-state index contributed by atoms with van der Waals surface area (Å²) in [7, 11) is 8.35. The number of anilines is 1. The van der Waals surface area contributed by atoms with Crippen LogP contribution in [-0.2, 0) is 13.6 Å². The van der Waals surface area contributed by atoms with E-state index in [4.69, 9.17) is 0 Å². The van der Waals surface area contributed by atoms with Gasteiger partial charge in [0.15, 0.2) is 0 Å². The molecule has 0 saturated carbocycles. The molecule has 0 spiro atoms. The summed E-state index contributed by atoms with van der Waals surface area (Å²) in [5, 5.41) is 7.92. The zero-order valence-corrected chi connectivity index (χ0v) is 12.6. The molecule has 0 aromatic carbocycles. The number of nitrogens with zero attached hydrogens (tertiary/aromatic N) is 4. The lowest BCUT2D eigenvalue weighted by Crippen LogP contribution is -2.30. The fourth-order valence-electron chi connectivity index (χ4n) is 2.08. The first-order chi connectivity index (χ1) is 8.47. The topological polar surface area (TPSA) is 36.3 Å². The number of aryl methyl sites for hydroxylation is 2. The molecule has 0 saturated heterocycles. The SMILES string of the molecule is CCNCc1c(C)nn(C)c1N(C)CCN(C)C. The van der Waals surface area contributed by atoms with Gasteiger partial charge in [0, 0.05) is 39.3 Å². The first kappa shape index (κ1) is 15.0. The third-order valence-corrected chi connectivity index (χ3v) is 3.11. The third kappa shape index (κ3) is 3.71. The van der Waals surface area contributed by atoms with E-state index in [-0.39, 0.29) is 0 Å². The molecule has 1 aromatic rings. The van der Waals surface area contributed by atoms with Crippen LogP contribution in [0.5, 0.6) is 0 Å². The van der Waals surface area contributed by atoms with Crippen LogP contribution in [-0.4, -0.2) is 55.5 Å².